The molecular weight excluding hydrogens is 522 g/mol. The van der Waals surface area contributed by atoms with Crippen molar-refractivity contribution in [2.75, 3.05) is 32.9 Å². The number of hydrogen-bond acceptors (Lipinski definition) is 8. The highest BCUT2D eigenvalue weighted by Gasteiger charge is 2.68. The molecule has 1 aliphatic heterocycles. The molecule has 0 radical (unpaired) electrons. The predicted molar refractivity (Wildman–Crippen MR) is 151 cm³/mol. The number of allylic oxidation sites excluding steroid dienone is 1. The molecule has 4 aliphatic carbocycles. The second-order valence-corrected chi connectivity index (χ2v) is 13.6. The maximum Gasteiger partial charge on any atom is 0.338 e. The quantitative estimate of drug-likeness (QED) is 0.504. The fraction of sp³-hybridized carbons (Fsp3) is 0.667. The van der Waals surface area contributed by atoms with Crippen LogP contribution in [0.5, 0.6) is 0 Å². The number of morpholine rings is 1. The molecule has 0 bridgehead atoms. The Bertz CT molecular complexity index is 1250. The van der Waals surface area contributed by atoms with E-state index < -0.39 is 35.5 Å². The summed E-state index contributed by atoms with van der Waals surface area (Å²) in [5.74, 6) is -0.650. The Morgan fingerprint density at radius 3 is 2.68 bits per heavy atom. The summed E-state index contributed by atoms with van der Waals surface area (Å²) in [6.07, 6.45) is 5.34. The first-order chi connectivity index (χ1) is 19.5. The number of ketones is 2. The predicted octanol–water partition coefficient (Wildman–Crippen LogP) is 3.48. The lowest BCUT2D eigenvalue weighted by Crippen LogP contribution is -2.62. The molecule has 4 fully saturated rings. The van der Waals surface area contributed by atoms with Crippen molar-refractivity contribution in [1.29, 1.82) is 0 Å². The first-order valence-electron chi connectivity index (χ1n) is 15.3. The maximum atomic E-state index is 13.6. The normalized spacial score (nSPS) is 38.8. The second kappa shape index (κ2) is 10.7. The molecule has 8 nitrogen and oxygen atoms in total. The minimum absolute atomic E-state index is 0.00805. The van der Waals surface area contributed by atoms with Gasteiger partial charge >= 0.3 is 5.97 Å². The Labute approximate surface area is 242 Å². The van der Waals surface area contributed by atoms with Crippen LogP contribution in [-0.4, -0.2) is 77.3 Å². The topological polar surface area (TPSA) is 113 Å². The SMILES string of the molecule is C[C@]12CCC(=O)C=C1CC[C@@H]1[C@@H]2[C@@H](O)C[C@@]2(C)[C@H]1CC[C@]2(O)C(=O)COC(=O)c1cccc(CN2CCOCC2)c1. The van der Waals surface area contributed by atoms with E-state index in [1.807, 2.05) is 19.1 Å². The van der Waals surface area contributed by atoms with Crippen molar-refractivity contribution >= 4 is 17.5 Å². The Kier molecular flexibility index (Phi) is 7.50. The minimum Gasteiger partial charge on any atom is -0.454 e. The fourth-order valence-corrected chi connectivity index (χ4v) is 9.30. The van der Waals surface area contributed by atoms with Gasteiger partial charge in [-0.25, -0.2) is 4.79 Å². The number of fused-ring (bicyclic) bond motifs is 5. The van der Waals surface area contributed by atoms with Crippen molar-refractivity contribution < 1.29 is 34.1 Å². The number of carbonyl (C=O) groups is 3. The van der Waals surface area contributed by atoms with Crippen LogP contribution in [0.3, 0.4) is 0 Å². The number of rotatable bonds is 6. The number of Topliss-reactive ketones (excluding diaryl/α,β-unsaturated/α-hetero) is 1. The molecule has 0 aromatic heterocycles. The third-order valence-corrected chi connectivity index (χ3v) is 11.5. The van der Waals surface area contributed by atoms with Crippen LogP contribution in [0, 0.1) is 28.6 Å². The summed E-state index contributed by atoms with van der Waals surface area (Å²) >= 11 is 0. The summed E-state index contributed by atoms with van der Waals surface area (Å²) < 4.78 is 10.9. The van der Waals surface area contributed by atoms with Crippen LogP contribution in [0.2, 0.25) is 0 Å². The van der Waals surface area contributed by atoms with Crippen LogP contribution >= 0.6 is 0 Å². The van der Waals surface area contributed by atoms with Crippen molar-refractivity contribution in [1.82, 2.24) is 4.90 Å². The van der Waals surface area contributed by atoms with Gasteiger partial charge in [0.15, 0.2) is 12.4 Å². The number of hydrogen-bond donors (Lipinski definition) is 2. The van der Waals surface area contributed by atoms with Gasteiger partial charge in [-0.15, -0.1) is 0 Å². The van der Waals surface area contributed by atoms with E-state index in [0.717, 1.165) is 43.5 Å². The number of aliphatic hydroxyl groups is 2. The molecule has 6 rings (SSSR count). The van der Waals surface area contributed by atoms with Gasteiger partial charge in [0.2, 0.25) is 5.78 Å². The molecule has 1 saturated heterocycles. The molecule has 7 atom stereocenters. The third-order valence-electron chi connectivity index (χ3n) is 11.5. The lowest BCUT2D eigenvalue weighted by Gasteiger charge is -2.60. The smallest absolute Gasteiger partial charge is 0.338 e. The molecule has 0 unspecified atom stereocenters. The Morgan fingerprint density at radius 1 is 1.12 bits per heavy atom. The Morgan fingerprint density at radius 2 is 1.90 bits per heavy atom. The van der Waals surface area contributed by atoms with Crippen LogP contribution in [0.25, 0.3) is 0 Å². The van der Waals surface area contributed by atoms with Crippen LogP contribution in [0.1, 0.15) is 74.7 Å². The average Bonchev–Trinajstić information content (AvgIpc) is 3.23. The summed E-state index contributed by atoms with van der Waals surface area (Å²) in [7, 11) is 0. The van der Waals surface area contributed by atoms with Crippen molar-refractivity contribution in [3.8, 4) is 0 Å². The lowest BCUT2D eigenvalue weighted by atomic mass is 9.45. The van der Waals surface area contributed by atoms with Crippen molar-refractivity contribution in [3.63, 3.8) is 0 Å². The van der Waals surface area contributed by atoms with Gasteiger partial charge in [-0.05, 0) is 85.5 Å². The van der Waals surface area contributed by atoms with E-state index in [9.17, 15) is 24.6 Å². The molecule has 3 saturated carbocycles. The fourth-order valence-electron chi connectivity index (χ4n) is 9.30. The standard InChI is InChI=1S/C33H43NO7/c1-31-10-8-24(35)17-23(31)6-7-25-26-9-11-33(39,32(26,2)18-27(36)29(25)31)28(37)20-41-30(38)22-5-3-4-21(16-22)19-34-12-14-40-15-13-34/h3-5,16-17,25-27,29,36,39H,6-15,18-20H2,1-2H3/t25-,26-,27-,29+,31-,32-,33-/m0/s1. The molecule has 0 amide bonds. The highest BCUT2D eigenvalue weighted by atomic mass is 16.5. The monoisotopic (exact) mass is 565 g/mol. The van der Waals surface area contributed by atoms with E-state index in [1.54, 1.807) is 18.2 Å². The molecule has 8 heteroatoms. The van der Waals surface area contributed by atoms with E-state index in [0.29, 0.717) is 51.0 Å². The Hall–Kier alpha value is -2.39. The van der Waals surface area contributed by atoms with Gasteiger partial charge in [0.25, 0.3) is 0 Å². The maximum absolute atomic E-state index is 13.6. The molecule has 1 heterocycles. The van der Waals surface area contributed by atoms with Gasteiger partial charge in [0.1, 0.15) is 5.60 Å². The van der Waals surface area contributed by atoms with Crippen molar-refractivity contribution in [2.45, 2.75) is 77.0 Å². The lowest BCUT2D eigenvalue weighted by molar-refractivity contribution is -0.182. The van der Waals surface area contributed by atoms with Crippen LogP contribution < -0.4 is 0 Å². The van der Waals surface area contributed by atoms with Crippen LogP contribution in [-0.2, 0) is 25.6 Å². The van der Waals surface area contributed by atoms with Crippen LogP contribution in [0.4, 0.5) is 0 Å². The van der Waals surface area contributed by atoms with Crippen LogP contribution in [0.15, 0.2) is 35.9 Å². The van der Waals surface area contributed by atoms with Crippen molar-refractivity contribution in [2.24, 2.45) is 28.6 Å². The van der Waals surface area contributed by atoms with E-state index >= 15 is 0 Å². The number of benzene rings is 1. The van der Waals surface area contributed by atoms with Gasteiger partial charge in [-0.3, -0.25) is 14.5 Å². The first-order valence-corrected chi connectivity index (χ1v) is 15.3. The molecule has 0 spiro atoms. The largest absolute Gasteiger partial charge is 0.454 e. The third kappa shape index (κ3) is 4.81. The molecule has 1 aromatic carbocycles. The zero-order valence-electron chi connectivity index (χ0n) is 24.3. The van der Waals surface area contributed by atoms with Gasteiger partial charge < -0.3 is 19.7 Å². The molecule has 5 aliphatic rings. The summed E-state index contributed by atoms with van der Waals surface area (Å²) in [5.41, 5.74) is -0.174. The number of ether oxygens (including phenoxy) is 2. The van der Waals surface area contributed by atoms with Gasteiger partial charge in [0, 0.05) is 31.5 Å². The number of aliphatic hydroxyl groups excluding tert-OH is 1. The van der Waals surface area contributed by atoms with E-state index in [-0.39, 0.29) is 29.0 Å². The molecule has 222 valence electrons. The summed E-state index contributed by atoms with van der Waals surface area (Å²) in [4.78, 5) is 41.0. The van der Waals surface area contributed by atoms with Crippen molar-refractivity contribution in [3.05, 3.63) is 47.0 Å². The minimum atomic E-state index is -1.67. The average molecular weight is 566 g/mol. The molecule has 41 heavy (non-hydrogen) atoms. The van der Waals surface area contributed by atoms with Gasteiger partial charge in [0.05, 0.1) is 24.9 Å². The first kappa shape index (κ1) is 28.7. The molecule has 1 aromatic rings. The second-order valence-electron chi connectivity index (χ2n) is 13.6. The highest BCUT2D eigenvalue weighted by molar-refractivity contribution is 5.94. The zero-order chi connectivity index (χ0) is 29.0. The summed E-state index contributed by atoms with van der Waals surface area (Å²) in [6.45, 7) is 7.42. The summed E-state index contributed by atoms with van der Waals surface area (Å²) in [5, 5.41) is 23.5. The number of carbonyl (C=O) groups excluding carboxylic acids is 3. The van der Waals surface area contributed by atoms with E-state index in [4.69, 9.17) is 9.47 Å². The zero-order valence-corrected chi connectivity index (χ0v) is 24.3. The Balaban J connectivity index is 1.14. The number of esters is 1. The summed E-state index contributed by atoms with van der Waals surface area (Å²) in [6, 6.07) is 7.27. The van der Waals surface area contributed by atoms with Gasteiger partial charge in [-0.1, -0.05) is 31.6 Å². The molecule has 2 N–H and O–H groups in total. The van der Waals surface area contributed by atoms with E-state index in [2.05, 4.69) is 11.8 Å². The van der Waals surface area contributed by atoms with E-state index in [1.165, 1.54) is 0 Å². The van der Waals surface area contributed by atoms with Gasteiger partial charge in [-0.2, -0.15) is 0 Å². The highest BCUT2D eigenvalue weighted by Crippen LogP contribution is 2.67. The number of nitrogens with zero attached hydrogens (tertiary/aromatic N) is 1. The molecular formula is C33H43NO7.